The Bertz CT molecular complexity index is 2540. The van der Waals surface area contributed by atoms with Crippen molar-refractivity contribution in [2.75, 3.05) is 32.7 Å². The Morgan fingerprint density at radius 2 is 1.26 bits per heavy atom. The topological polar surface area (TPSA) is 245 Å². The van der Waals surface area contributed by atoms with Crippen LogP contribution < -0.4 is 16.4 Å². The van der Waals surface area contributed by atoms with Crippen LogP contribution in [0.1, 0.15) is 219 Å². The minimum atomic E-state index is -0.482. The Hall–Kier alpha value is -6.07. The number of benzene rings is 2. The second-order valence-corrected chi connectivity index (χ2v) is 27.5. The average molecular weight is 1140 g/mol. The Morgan fingerprint density at radius 3 is 1.78 bits per heavy atom. The van der Waals surface area contributed by atoms with Gasteiger partial charge in [0.2, 0.25) is 17.7 Å². The molecule has 4 heterocycles. The number of aryl methyl sites for hydroxylation is 1. The molecule has 2 atom stereocenters. The van der Waals surface area contributed by atoms with Crippen LogP contribution in [0.5, 0.6) is 5.75 Å². The number of likely N-dealkylation sites (tertiary alicyclic amines) is 2. The van der Waals surface area contributed by atoms with Crippen LogP contribution in [-0.2, 0) is 41.6 Å². The molecular formula is C65H104N8O9. The van der Waals surface area contributed by atoms with E-state index in [-0.39, 0.29) is 74.5 Å². The minimum absolute atomic E-state index is 0.0159. The van der Waals surface area contributed by atoms with Crippen molar-refractivity contribution in [3.05, 3.63) is 82.9 Å². The van der Waals surface area contributed by atoms with E-state index in [2.05, 4.69) is 48.3 Å². The lowest BCUT2D eigenvalue weighted by molar-refractivity contribution is -0.134. The summed E-state index contributed by atoms with van der Waals surface area (Å²) < 4.78 is 0. The van der Waals surface area contributed by atoms with Crippen molar-refractivity contribution in [3.63, 3.8) is 0 Å². The number of imide groups is 1. The molecule has 0 aliphatic carbocycles. The predicted molar refractivity (Wildman–Crippen MR) is 326 cm³/mol. The van der Waals surface area contributed by atoms with Gasteiger partial charge in [0.1, 0.15) is 17.3 Å². The van der Waals surface area contributed by atoms with Crippen molar-refractivity contribution in [1.82, 2.24) is 35.3 Å². The Balaban J connectivity index is 0.000000354. The molecule has 0 radical (unpaired) electrons. The Labute approximate surface area is 491 Å². The van der Waals surface area contributed by atoms with Crippen LogP contribution in [0.15, 0.2) is 55.0 Å². The molecule has 6 N–H and O–H groups in total. The van der Waals surface area contributed by atoms with Gasteiger partial charge < -0.3 is 36.3 Å². The molecule has 2 aromatic carbocycles. The number of H-pyrrole nitrogens is 1. The largest absolute Gasteiger partial charge is 0.508 e. The summed E-state index contributed by atoms with van der Waals surface area (Å²) in [5, 5.41) is 15.5. The lowest BCUT2D eigenvalue weighted by atomic mass is 9.85. The standard InChI is InChI=1S/C18H23NO3.C13H19NO2.C13H23NO2.C11H20N2O2.C10H19N3/c1-12-7-8-14-15(10-12)17(22)19(16(14)21)9-5-6-13(20)11-18(2,3)4;1-13(2,3)12(16)11(14)8-9-4-6-10(15)7-5-9;1-13(2,3)11(15)7-6-10-14-9-5-4-8-12(14)16;1-11(2,3)12-9(14)6-8-13-7-4-5-10(13)15;1-8(13-10(2,3)4)5-9-6-11-7-12-9/h7-8,10H,5-6,9,11H2,1-4H3;4-7,11,15H,8,14H2,1-3H3;4-10H2,1-3H3;4-8H2,1-3H3,(H,12,14);6-8,13H,5H2,1-4H3,(H,11,12). The van der Waals surface area contributed by atoms with Crippen molar-refractivity contribution in [2.24, 2.45) is 22.0 Å². The molecule has 6 rings (SSSR count). The number of nitrogens with two attached hydrogens (primary N) is 1. The molecular weight excluding hydrogens is 1040 g/mol. The summed E-state index contributed by atoms with van der Waals surface area (Å²) in [4.78, 5) is 106. The van der Waals surface area contributed by atoms with E-state index >= 15 is 0 Å². The highest BCUT2D eigenvalue weighted by Crippen LogP contribution is 2.26. The molecule has 5 amide bonds. The molecule has 3 aliphatic heterocycles. The Kier molecular flexibility index (Phi) is 28.7. The number of carbonyl (C=O) groups excluding carboxylic acids is 8. The number of phenolic OH excluding ortho intramolecular Hbond substituents is 1. The molecule has 17 nitrogen and oxygen atoms in total. The minimum Gasteiger partial charge on any atom is -0.508 e. The summed E-state index contributed by atoms with van der Waals surface area (Å²) >= 11 is 0. The first-order valence-corrected chi connectivity index (χ1v) is 29.5. The van der Waals surface area contributed by atoms with Gasteiger partial charge in [-0.3, -0.25) is 43.3 Å². The number of aromatic nitrogens is 2. The van der Waals surface area contributed by atoms with Gasteiger partial charge in [-0.15, -0.1) is 0 Å². The molecule has 3 aliphatic rings. The van der Waals surface area contributed by atoms with Crippen LogP contribution >= 0.6 is 0 Å². The van der Waals surface area contributed by atoms with Gasteiger partial charge in [0.25, 0.3) is 11.8 Å². The molecule has 2 unspecified atom stereocenters. The average Bonchev–Trinajstić information content (AvgIpc) is 4.29. The number of rotatable bonds is 18. The van der Waals surface area contributed by atoms with Crippen LogP contribution in [0.4, 0.5) is 0 Å². The van der Waals surface area contributed by atoms with Gasteiger partial charge in [-0.25, -0.2) is 4.98 Å². The van der Waals surface area contributed by atoms with Crippen molar-refractivity contribution < 1.29 is 43.5 Å². The maximum absolute atomic E-state index is 12.3. The summed E-state index contributed by atoms with van der Waals surface area (Å²) in [6.45, 7) is 37.3. The highest BCUT2D eigenvalue weighted by Gasteiger charge is 2.35. The highest BCUT2D eigenvalue weighted by atomic mass is 16.3. The zero-order valence-corrected chi connectivity index (χ0v) is 53.2. The number of nitrogens with zero attached hydrogens (tertiary/aromatic N) is 4. The van der Waals surface area contributed by atoms with Crippen LogP contribution in [0.2, 0.25) is 0 Å². The predicted octanol–water partition coefficient (Wildman–Crippen LogP) is 10.3. The van der Waals surface area contributed by atoms with Crippen molar-refractivity contribution >= 4 is 46.9 Å². The van der Waals surface area contributed by atoms with Gasteiger partial charge >= 0.3 is 0 Å². The molecule has 0 bridgehead atoms. The number of hydrogen-bond acceptors (Lipinski definition) is 12. The molecule has 0 spiro atoms. The summed E-state index contributed by atoms with van der Waals surface area (Å²) in [6.07, 6.45) is 12.8. The third-order valence-corrected chi connectivity index (χ3v) is 13.3. The first-order chi connectivity index (χ1) is 37.8. The quantitative estimate of drug-likeness (QED) is 0.0747. The SMILES string of the molecule is CC(C)(C)C(=O)C(N)Cc1ccc(O)cc1.CC(C)(C)C(=O)CCCN1CCCCC1=O.CC(C)(C)NC(=O)CCN1CCCC1=O.CC(Cc1cnc[nH]1)NC(C)(C)C.Cc1ccc2c(c1)C(=O)N(CCCC(=O)CC(C)(C)C)C2=O. The summed E-state index contributed by atoms with van der Waals surface area (Å²) in [5.41, 5.74) is 9.23. The fraction of sp³-hybridized carbons (Fsp3) is 0.646. The van der Waals surface area contributed by atoms with Crippen molar-refractivity contribution in [3.8, 4) is 5.75 Å². The van der Waals surface area contributed by atoms with E-state index in [1.54, 1.807) is 47.6 Å². The van der Waals surface area contributed by atoms with Gasteiger partial charge in [0.05, 0.1) is 23.5 Å². The number of Topliss-reactive ketones (excluding diaryl/α,β-unsaturated/α-hetero) is 3. The zero-order valence-electron chi connectivity index (χ0n) is 53.2. The molecule has 17 heteroatoms. The fourth-order valence-corrected chi connectivity index (χ4v) is 9.33. The number of nitrogens with one attached hydrogen (secondary N) is 3. The maximum Gasteiger partial charge on any atom is 0.261 e. The number of aromatic hydroxyl groups is 1. The number of carbonyl (C=O) groups is 8. The van der Waals surface area contributed by atoms with Gasteiger partial charge in [0, 0.05) is 118 Å². The Morgan fingerprint density at radius 1 is 0.683 bits per heavy atom. The van der Waals surface area contributed by atoms with Crippen molar-refractivity contribution in [2.45, 2.75) is 224 Å². The highest BCUT2D eigenvalue weighted by molar-refractivity contribution is 6.21. The third-order valence-electron chi connectivity index (χ3n) is 13.3. The van der Waals surface area contributed by atoms with E-state index in [0.717, 1.165) is 62.9 Å². The molecule has 2 saturated heterocycles. The molecule has 82 heavy (non-hydrogen) atoms. The lowest BCUT2D eigenvalue weighted by Gasteiger charge is -2.27. The molecule has 458 valence electrons. The number of ketones is 3. The molecule has 1 aromatic heterocycles. The number of hydrogen-bond donors (Lipinski definition) is 5. The van der Waals surface area contributed by atoms with Crippen LogP contribution in [0.3, 0.4) is 0 Å². The van der Waals surface area contributed by atoms with E-state index in [9.17, 15) is 38.4 Å². The summed E-state index contributed by atoms with van der Waals surface area (Å²) in [6, 6.07) is 12.0. The number of phenols is 1. The van der Waals surface area contributed by atoms with Crippen LogP contribution in [0, 0.1) is 23.2 Å². The van der Waals surface area contributed by atoms with Gasteiger partial charge in [-0.1, -0.05) is 86.1 Å². The molecule has 3 aromatic rings. The zero-order chi connectivity index (χ0) is 62.4. The third kappa shape index (κ3) is 28.8. The van der Waals surface area contributed by atoms with E-state index < -0.39 is 11.5 Å². The normalized spacial score (nSPS) is 15.4. The fourth-order valence-electron chi connectivity index (χ4n) is 9.33. The number of amides is 5. The summed E-state index contributed by atoms with van der Waals surface area (Å²) in [7, 11) is 0. The van der Waals surface area contributed by atoms with E-state index in [1.165, 1.54) is 10.6 Å². The van der Waals surface area contributed by atoms with Crippen LogP contribution in [-0.4, -0.2) is 133 Å². The number of aromatic amines is 1. The monoisotopic (exact) mass is 1140 g/mol. The van der Waals surface area contributed by atoms with E-state index in [0.29, 0.717) is 81.6 Å². The van der Waals surface area contributed by atoms with E-state index in [4.69, 9.17) is 10.8 Å². The van der Waals surface area contributed by atoms with Gasteiger partial charge in [-0.05, 0) is 129 Å². The maximum atomic E-state index is 12.3. The first-order valence-electron chi connectivity index (χ1n) is 29.5. The second kappa shape index (κ2) is 32.7. The number of imidazole rings is 1. The molecule has 0 saturated carbocycles. The van der Waals surface area contributed by atoms with Crippen molar-refractivity contribution in [1.29, 1.82) is 0 Å². The second-order valence-electron chi connectivity index (χ2n) is 27.5. The van der Waals surface area contributed by atoms with Gasteiger partial charge in [-0.2, -0.15) is 0 Å². The lowest BCUT2D eigenvalue weighted by Crippen LogP contribution is -2.43. The molecule has 2 fully saturated rings. The van der Waals surface area contributed by atoms with Crippen LogP contribution in [0.25, 0.3) is 0 Å². The summed E-state index contributed by atoms with van der Waals surface area (Å²) in [5.74, 6) is 0.711. The smallest absolute Gasteiger partial charge is 0.261 e. The van der Waals surface area contributed by atoms with Gasteiger partial charge in [0.15, 0.2) is 5.78 Å². The number of fused-ring (bicyclic) bond motifs is 1. The number of piperidine rings is 1. The van der Waals surface area contributed by atoms with E-state index in [1.807, 2.05) is 107 Å². The first kappa shape index (κ1) is 72.0.